The van der Waals surface area contributed by atoms with Crippen LogP contribution in [0.1, 0.15) is 11.1 Å². The number of rotatable bonds is 5. The van der Waals surface area contributed by atoms with Gasteiger partial charge < -0.3 is 0 Å². The summed E-state index contributed by atoms with van der Waals surface area (Å²) in [6.07, 6.45) is 0. The first-order chi connectivity index (χ1) is 10.3. The van der Waals surface area contributed by atoms with Crippen LogP contribution in [0, 0.1) is 13.8 Å². The number of carbonyl (C=O) groups excluding carboxylic acids is 1. The van der Waals surface area contributed by atoms with Crippen molar-refractivity contribution in [3.8, 4) is 0 Å². The number of hydrogen-bond donors (Lipinski definition) is 1. The average molecular weight is 340 g/mol. The van der Waals surface area contributed by atoms with E-state index in [-0.39, 0.29) is 11.4 Å². The Morgan fingerprint density at radius 2 is 2.05 bits per heavy atom. The SMILES string of the molecule is Cc1ccc(S(=O)(=O)N(C)CC(=O)Nc2nncs2)cc1C. The van der Waals surface area contributed by atoms with Gasteiger partial charge in [0.25, 0.3) is 0 Å². The Hall–Kier alpha value is -1.84. The summed E-state index contributed by atoms with van der Waals surface area (Å²) in [5.74, 6) is -0.466. The molecule has 0 fully saturated rings. The molecule has 0 spiro atoms. The number of carbonyl (C=O) groups is 1. The maximum atomic E-state index is 12.5. The second-order valence-electron chi connectivity index (χ2n) is 4.80. The molecule has 9 heteroatoms. The van der Waals surface area contributed by atoms with Crippen molar-refractivity contribution in [1.82, 2.24) is 14.5 Å². The summed E-state index contributed by atoms with van der Waals surface area (Å²) >= 11 is 1.16. The van der Waals surface area contributed by atoms with Gasteiger partial charge in [0.1, 0.15) is 5.51 Å². The molecule has 22 heavy (non-hydrogen) atoms. The Balaban J connectivity index is 2.11. The van der Waals surface area contributed by atoms with Gasteiger partial charge in [-0.25, -0.2) is 8.42 Å². The Morgan fingerprint density at radius 1 is 1.32 bits per heavy atom. The van der Waals surface area contributed by atoms with Gasteiger partial charge in [0.15, 0.2) is 0 Å². The Kier molecular flexibility index (Phi) is 4.89. The zero-order chi connectivity index (χ0) is 16.3. The normalized spacial score (nSPS) is 11.6. The quantitative estimate of drug-likeness (QED) is 0.888. The second-order valence-corrected chi connectivity index (χ2v) is 7.68. The highest BCUT2D eigenvalue weighted by Gasteiger charge is 2.23. The summed E-state index contributed by atoms with van der Waals surface area (Å²) in [6, 6.07) is 4.89. The van der Waals surface area contributed by atoms with Gasteiger partial charge in [0, 0.05) is 7.05 Å². The zero-order valence-corrected chi connectivity index (χ0v) is 14.0. The molecule has 1 aromatic heterocycles. The van der Waals surface area contributed by atoms with Crippen LogP contribution in [-0.4, -0.2) is 42.4 Å². The molecular formula is C13H16N4O3S2. The number of nitrogens with zero attached hydrogens (tertiary/aromatic N) is 3. The van der Waals surface area contributed by atoms with Crippen LogP contribution in [0.25, 0.3) is 0 Å². The van der Waals surface area contributed by atoms with Gasteiger partial charge >= 0.3 is 0 Å². The molecule has 0 aliphatic carbocycles. The van der Waals surface area contributed by atoms with E-state index < -0.39 is 15.9 Å². The number of likely N-dealkylation sites (N-methyl/N-ethyl adjacent to an activating group) is 1. The van der Waals surface area contributed by atoms with Crippen molar-refractivity contribution in [2.75, 3.05) is 18.9 Å². The van der Waals surface area contributed by atoms with E-state index >= 15 is 0 Å². The van der Waals surface area contributed by atoms with Crippen molar-refractivity contribution in [2.45, 2.75) is 18.7 Å². The summed E-state index contributed by atoms with van der Waals surface area (Å²) in [6.45, 7) is 3.45. The number of hydrogen-bond acceptors (Lipinski definition) is 6. The first-order valence-corrected chi connectivity index (χ1v) is 8.72. The lowest BCUT2D eigenvalue weighted by molar-refractivity contribution is -0.116. The summed E-state index contributed by atoms with van der Waals surface area (Å²) in [7, 11) is -2.35. The van der Waals surface area contributed by atoms with Crippen LogP contribution in [0.5, 0.6) is 0 Å². The van der Waals surface area contributed by atoms with E-state index in [4.69, 9.17) is 0 Å². The third-order valence-corrected chi connectivity index (χ3v) is 5.57. The fourth-order valence-corrected chi connectivity index (χ4v) is 3.40. The highest BCUT2D eigenvalue weighted by molar-refractivity contribution is 7.89. The number of sulfonamides is 1. The van der Waals surface area contributed by atoms with Gasteiger partial charge in [-0.15, -0.1) is 10.2 Å². The molecule has 0 aliphatic heterocycles. The summed E-state index contributed by atoms with van der Waals surface area (Å²) in [5, 5.41) is 10.1. The lowest BCUT2D eigenvalue weighted by Crippen LogP contribution is -2.35. The molecule has 0 saturated carbocycles. The topological polar surface area (TPSA) is 92.3 Å². The third kappa shape index (κ3) is 3.67. The Bertz CT molecular complexity index is 773. The fourth-order valence-electron chi connectivity index (χ4n) is 1.73. The smallest absolute Gasteiger partial charge is 0.243 e. The van der Waals surface area contributed by atoms with Gasteiger partial charge in [-0.3, -0.25) is 10.1 Å². The summed E-state index contributed by atoms with van der Waals surface area (Å²) in [4.78, 5) is 12.0. The molecule has 1 heterocycles. The van der Waals surface area contributed by atoms with Crippen LogP contribution < -0.4 is 5.32 Å². The lowest BCUT2D eigenvalue weighted by atomic mass is 10.1. The van der Waals surface area contributed by atoms with Crippen molar-refractivity contribution in [2.24, 2.45) is 0 Å². The minimum Gasteiger partial charge on any atom is -0.299 e. The largest absolute Gasteiger partial charge is 0.299 e. The van der Waals surface area contributed by atoms with Crippen molar-refractivity contribution in [3.63, 3.8) is 0 Å². The highest BCUT2D eigenvalue weighted by Crippen LogP contribution is 2.18. The molecule has 2 rings (SSSR count). The van der Waals surface area contributed by atoms with E-state index in [2.05, 4.69) is 15.5 Å². The van der Waals surface area contributed by atoms with Crippen LogP contribution >= 0.6 is 11.3 Å². The molecule has 0 unspecified atom stereocenters. The standard InChI is InChI=1S/C13H16N4O3S2/c1-9-4-5-11(6-10(9)2)22(19,20)17(3)7-12(18)15-13-16-14-8-21-13/h4-6,8H,7H2,1-3H3,(H,15,16,18). The molecule has 0 aliphatic rings. The van der Waals surface area contributed by atoms with Crippen molar-refractivity contribution in [1.29, 1.82) is 0 Å². The molecule has 0 radical (unpaired) electrons. The highest BCUT2D eigenvalue weighted by atomic mass is 32.2. The average Bonchev–Trinajstić information content (AvgIpc) is 2.94. The molecule has 2 aromatic rings. The maximum absolute atomic E-state index is 12.5. The second kappa shape index (κ2) is 6.51. The molecular weight excluding hydrogens is 324 g/mol. The van der Waals surface area contributed by atoms with Crippen LogP contribution in [0.4, 0.5) is 5.13 Å². The van der Waals surface area contributed by atoms with Gasteiger partial charge in [-0.2, -0.15) is 4.31 Å². The third-order valence-electron chi connectivity index (χ3n) is 3.16. The Morgan fingerprint density at radius 3 is 2.64 bits per heavy atom. The lowest BCUT2D eigenvalue weighted by Gasteiger charge is -2.17. The van der Waals surface area contributed by atoms with Crippen LogP contribution in [0.2, 0.25) is 0 Å². The number of amides is 1. The predicted molar refractivity (Wildman–Crippen MR) is 84.3 cm³/mol. The van der Waals surface area contributed by atoms with E-state index in [1.165, 1.54) is 18.6 Å². The molecule has 118 valence electrons. The monoisotopic (exact) mass is 340 g/mol. The summed E-state index contributed by atoms with van der Waals surface area (Å²) < 4.78 is 25.9. The number of aromatic nitrogens is 2. The number of benzene rings is 1. The molecule has 1 N–H and O–H groups in total. The van der Waals surface area contributed by atoms with E-state index in [9.17, 15) is 13.2 Å². The molecule has 1 aromatic carbocycles. The Labute approximate surface area is 133 Å². The van der Waals surface area contributed by atoms with E-state index in [0.29, 0.717) is 5.13 Å². The van der Waals surface area contributed by atoms with E-state index in [1.807, 2.05) is 13.8 Å². The molecule has 1 amide bonds. The summed E-state index contributed by atoms with van der Waals surface area (Å²) in [5.41, 5.74) is 3.37. The first-order valence-electron chi connectivity index (χ1n) is 6.40. The van der Waals surface area contributed by atoms with Gasteiger partial charge in [0.2, 0.25) is 21.1 Å². The maximum Gasteiger partial charge on any atom is 0.243 e. The van der Waals surface area contributed by atoms with E-state index in [0.717, 1.165) is 26.8 Å². The molecule has 0 bridgehead atoms. The minimum atomic E-state index is -3.71. The number of anilines is 1. The minimum absolute atomic E-state index is 0.168. The van der Waals surface area contributed by atoms with Gasteiger partial charge in [0.05, 0.1) is 11.4 Å². The van der Waals surface area contributed by atoms with Crippen molar-refractivity contribution in [3.05, 3.63) is 34.8 Å². The number of aryl methyl sites for hydroxylation is 2. The molecule has 7 nitrogen and oxygen atoms in total. The van der Waals surface area contributed by atoms with Gasteiger partial charge in [-0.05, 0) is 37.1 Å². The molecule has 0 atom stereocenters. The van der Waals surface area contributed by atoms with Crippen LogP contribution in [0.15, 0.2) is 28.6 Å². The first kappa shape index (κ1) is 16.5. The van der Waals surface area contributed by atoms with Crippen LogP contribution in [-0.2, 0) is 14.8 Å². The predicted octanol–water partition coefficient (Wildman–Crippen LogP) is 1.41. The van der Waals surface area contributed by atoms with Crippen molar-refractivity contribution >= 4 is 32.4 Å². The van der Waals surface area contributed by atoms with Crippen molar-refractivity contribution < 1.29 is 13.2 Å². The van der Waals surface area contributed by atoms with Crippen LogP contribution in [0.3, 0.4) is 0 Å². The zero-order valence-electron chi connectivity index (χ0n) is 12.4. The number of nitrogens with one attached hydrogen (secondary N) is 1. The van der Waals surface area contributed by atoms with Gasteiger partial charge in [-0.1, -0.05) is 17.4 Å². The molecule has 0 saturated heterocycles. The fraction of sp³-hybridized carbons (Fsp3) is 0.308. The van der Waals surface area contributed by atoms with E-state index in [1.54, 1.807) is 12.1 Å².